The molecular formula is C24H21N4NaO3S. The Morgan fingerprint density at radius 3 is 2.30 bits per heavy atom. The quantitative estimate of drug-likeness (QED) is 0.388. The van der Waals surface area contributed by atoms with Gasteiger partial charge >= 0.3 is 35.6 Å². The number of nitrogens with one attached hydrogen (secondary N) is 1. The zero-order chi connectivity index (χ0) is 22.6. The number of nitrogens with zero attached hydrogens (tertiary/aromatic N) is 3. The van der Waals surface area contributed by atoms with E-state index in [0.29, 0.717) is 0 Å². The van der Waals surface area contributed by atoms with Gasteiger partial charge < -0.3 is 20.0 Å². The molecule has 0 bridgehead atoms. The molecule has 33 heavy (non-hydrogen) atoms. The van der Waals surface area contributed by atoms with Crippen LogP contribution < -0.4 is 44.7 Å². The molecule has 0 unspecified atom stereocenters. The van der Waals surface area contributed by atoms with Crippen LogP contribution in [0.5, 0.6) is 6.01 Å². The second kappa shape index (κ2) is 10.9. The average Bonchev–Trinajstić information content (AvgIpc) is 3.28. The van der Waals surface area contributed by atoms with Crippen LogP contribution in [-0.4, -0.2) is 27.5 Å². The number of ether oxygens (including phenoxy) is 1. The van der Waals surface area contributed by atoms with Crippen LogP contribution in [0.2, 0.25) is 0 Å². The molecule has 0 aliphatic heterocycles. The standard InChI is InChI=1S/C24H22N4O3S.Na/c1-24(2,21(29)30)15-31-22-25-12-18(13-26-22)16-8-10-19(11-9-16)27-23-28-20(14-32-23)17-6-4-3-5-7-17;/h3-14H,15H2,1-2H3,(H,27,28)(H,29,30);/q;+1/p-1. The molecule has 0 aliphatic carbocycles. The van der Waals surface area contributed by atoms with Crippen molar-refractivity contribution in [3.05, 3.63) is 72.4 Å². The first kappa shape index (κ1) is 24.9. The monoisotopic (exact) mass is 468 g/mol. The Hall–Kier alpha value is -2.78. The summed E-state index contributed by atoms with van der Waals surface area (Å²) in [5.41, 5.74) is 3.60. The SMILES string of the molecule is CC(C)(COc1ncc(-c2ccc(Nc3nc(-c4ccccc4)cs3)cc2)cn1)C(=O)[O-].[Na+]. The minimum absolute atomic E-state index is 0. The molecule has 0 spiro atoms. The van der Waals surface area contributed by atoms with E-state index in [9.17, 15) is 9.90 Å². The van der Waals surface area contributed by atoms with Gasteiger partial charge in [-0.15, -0.1) is 11.3 Å². The van der Waals surface area contributed by atoms with Crippen molar-refractivity contribution in [2.75, 3.05) is 11.9 Å². The van der Waals surface area contributed by atoms with Crippen LogP contribution in [0.4, 0.5) is 10.8 Å². The minimum atomic E-state index is -1.18. The van der Waals surface area contributed by atoms with E-state index < -0.39 is 11.4 Å². The van der Waals surface area contributed by atoms with Gasteiger partial charge in [-0.2, -0.15) is 0 Å². The topological polar surface area (TPSA) is 100 Å². The van der Waals surface area contributed by atoms with Gasteiger partial charge in [0.2, 0.25) is 0 Å². The van der Waals surface area contributed by atoms with Crippen molar-refractivity contribution >= 4 is 28.1 Å². The number of aromatic nitrogens is 3. The summed E-state index contributed by atoms with van der Waals surface area (Å²) >= 11 is 1.55. The Morgan fingerprint density at radius 1 is 1.00 bits per heavy atom. The van der Waals surface area contributed by atoms with E-state index in [-0.39, 0.29) is 42.2 Å². The molecule has 4 aromatic rings. The molecular weight excluding hydrogens is 447 g/mol. The molecule has 0 fully saturated rings. The van der Waals surface area contributed by atoms with E-state index in [4.69, 9.17) is 4.74 Å². The number of benzene rings is 2. The molecule has 0 atom stereocenters. The van der Waals surface area contributed by atoms with Crippen LogP contribution >= 0.6 is 11.3 Å². The number of hydrogen-bond donors (Lipinski definition) is 1. The van der Waals surface area contributed by atoms with Gasteiger partial charge in [-0.3, -0.25) is 0 Å². The fourth-order valence-corrected chi connectivity index (χ4v) is 3.53. The molecule has 1 N–H and O–H groups in total. The molecule has 7 nitrogen and oxygen atoms in total. The van der Waals surface area contributed by atoms with Crippen molar-refractivity contribution in [1.29, 1.82) is 0 Å². The molecule has 2 aromatic carbocycles. The van der Waals surface area contributed by atoms with Gasteiger partial charge in [0.15, 0.2) is 5.13 Å². The number of aliphatic carboxylic acids is 1. The van der Waals surface area contributed by atoms with Gasteiger partial charge in [-0.05, 0) is 17.7 Å². The van der Waals surface area contributed by atoms with Gasteiger partial charge in [-0.25, -0.2) is 15.0 Å². The van der Waals surface area contributed by atoms with E-state index in [0.717, 1.165) is 33.2 Å². The van der Waals surface area contributed by atoms with Gasteiger partial charge in [0.25, 0.3) is 0 Å². The maximum atomic E-state index is 11.1. The van der Waals surface area contributed by atoms with E-state index in [2.05, 4.69) is 20.3 Å². The summed E-state index contributed by atoms with van der Waals surface area (Å²) in [7, 11) is 0. The number of carbonyl (C=O) groups is 1. The number of thiazole rings is 1. The van der Waals surface area contributed by atoms with Gasteiger partial charge in [0.1, 0.15) is 6.61 Å². The summed E-state index contributed by atoms with van der Waals surface area (Å²) in [5, 5.41) is 17.2. The molecule has 0 saturated carbocycles. The number of carboxylic acids is 1. The molecule has 4 rings (SSSR count). The summed E-state index contributed by atoms with van der Waals surface area (Å²) < 4.78 is 5.38. The fourth-order valence-electron chi connectivity index (χ4n) is 2.79. The van der Waals surface area contributed by atoms with Crippen molar-refractivity contribution in [1.82, 2.24) is 15.0 Å². The van der Waals surface area contributed by atoms with Crippen LogP contribution in [0.15, 0.2) is 72.4 Å². The molecule has 2 aromatic heterocycles. The third kappa shape index (κ3) is 6.39. The number of hydrogen-bond acceptors (Lipinski definition) is 8. The van der Waals surface area contributed by atoms with Crippen LogP contribution in [0.3, 0.4) is 0 Å². The predicted octanol–water partition coefficient (Wildman–Crippen LogP) is 1.17. The molecule has 0 amide bonds. The molecule has 0 aliphatic rings. The zero-order valence-electron chi connectivity index (χ0n) is 18.6. The molecule has 9 heteroatoms. The van der Waals surface area contributed by atoms with E-state index in [1.807, 2.05) is 60.0 Å². The smallest absolute Gasteiger partial charge is 0.549 e. The molecule has 0 saturated heterocycles. The Labute approximate surface area is 218 Å². The molecule has 0 radical (unpaired) electrons. The number of anilines is 2. The largest absolute Gasteiger partial charge is 1.00 e. The number of carbonyl (C=O) groups excluding carboxylic acids is 1. The van der Waals surface area contributed by atoms with Crippen molar-refractivity contribution in [3.8, 4) is 28.4 Å². The predicted molar refractivity (Wildman–Crippen MR) is 123 cm³/mol. The first-order valence-corrected chi connectivity index (χ1v) is 10.8. The van der Waals surface area contributed by atoms with Crippen molar-refractivity contribution in [2.45, 2.75) is 13.8 Å². The van der Waals surface area contributed by atoms with E-state index in [1.54, 1.807) is 23.7 Å². The second-order valence-corrected chi connectivity index (χ2v) is 8.68. The zero-order valence-corrected chi connectivity index (χ0v) is 21.4. The second-order valence-electron chi connectivity index (χ2n) is 7.82. The van der Waals surface area contributed by atoms with E-state index >= 15 is 0 Å². The summed E-state index contributed by atoms with van der Waals surface area (Å²) in [6, 6.07) is 18.0. The normalized spacial score (nSPS) is 10.8. The average molecular weight is 469 g/mol. The van der Waals surface area contributed by atoms with Gasteiger partial charge in [-0.1, -0.05) is 56.3 Å². The summed E-state index contributed by atoms with van der Waals surface area (Å²) in [4.78, 5) is 24.0. The minimum Gasteiger partial charge on any atom is -0.549 e. The van der Waals surface area contributed by atoms with E-state index in [1.165, 1.54) is 13.8 Å². The Bertz CT molecular complexity index is 1200. The third-order valence-corrected chi connectivity index (χ3v) is 5.54. The Morgan fingerprint density at radius 2 is 1.67 bits per heavy atom. The maximum Gasteiger partial charge on any atom is 1.00 e. The van der Waals surface area contributed by atoms with Crippen molar-refractivity contribution in [3.63, 3.8) is 0 Å². The molecule has 162 valence electrons. The third-order valence-electron chi connectivity index (χ3n) is 4.79. The summed E-state index contributed by atoms with van der Waals surface area (Å²) in [5.74, 6) is -1.18. The fraction of sp³-hybridized carbons (Fsp3) is 0.167. The van der Waals surface area contributed by atoms with Crippen LogP contribution in [0.1, 0.15) is 13.8 Å². The van der Waals surface area contributed by atoms with Crippen LogP contribution in [0, 0.1) is 5.41 Å². The summed E-state index contributed by atoms with van der Waals surface area (Å²) in [6.45, 7) is 2.98. The first-order valence-electron chi connectivity index (χ1n) is 9.95. The van der Waals surface area contributed by atoms with Crippen LogP contribution in [-0.2, 0) is 4.79 Å². The van der Waals surface area contributed by atoms with Crippen molar-refractivity contribution in [2.24, 2.45) is 5.41 Å². The first-order chi connectivity index (χ1) is 15.4. The van der Waals surface area contributed by atoms with Crippen LogP contribution in [0.25, 0.3) is 22.4 Å². The number of rotatable bonds is 8. The van der Waals surface area contributed by atoms with Gasteiger partial charge in [0, 0.05) is 40.0 Å². The van der Waals surface area contributed by atoms with Gasteiger partial charge in [0.05, 0.1) is 11.7 Å². The number of carboxylic acid groups (broad SMARTS) is 1. The summed E-state index contributed by atoms with van der Waals surface area (Å²) in [6.07, 6.45) is 3.29. The molecule has 2 heterocycles. The van der Waals surface area contributed by atoms with Crippen molar-refractivity contribution < 1.29 is 44.2 Å². The maximum absolute atomic E-state index is 11.1. The Balaban J connectivity index is 0.00000306. The Kier molecular flexibility index (Phi) is 8.20.